The Balaban J connectivity index is 1.44. The zero-order valence-corrected chi connectivity index (χ0v) is 18.6. The fourth-order valence-electron chi connectivity index (χ4n) is 2.70. The van der Waals surface area contributed by atoms with Gasteiger partial charge in [-0.2, -0.15) is 0 Å². The average molecular weight is 456 g/mol. The zero-order chi connectivity index (χ0) is 21.1. The number of hydrogen-bond acceptors (Lipinski definition) is 6. The molecule has 4 rings (SSSR count). The number of hydrogen-bond donors (Lipinski definition) is 1. The van der Waals surface area contributed by atoms with Gasteiger partial charge in [0.1, 0.15) is 6.33 Å². The van der Waals surface area contributed by atoms with Gasteiger partial charge in [-0.3, -0.25) is 9.36 Å². The first-order valence-corrected chi connectivity index (χ1v) is 11.3. The van der Waals surface area contributed by atoms with Crippen molar-refractivity contribution in [2.24, 2.45) is 0 Å². The molecule has 0 saturated carbocycles. The number of anilines is 1. The first-order valence-electron chi connectivity index (χ1n) is 9.16. The summed E-state index contributed by atoms with van der Waals surface area (Å²) in [4.78, 5) is 17.2. The summed E-state index contributed by atoms with van der Waals surface area (Å²) in [6.45, 7) is 3.77. The van der Waals surface area contributed by atoms with E-state index in [-0.39, 0.29) is 5.91 Å². The van der Waals surface area contributed by atoms with Crippen molar-refractivity contribution in [2.45, 2.75) is 24.3 Å². The monoisotopic (exact) mass is 455 g/mol. The molecule has 0 aliphatic heterocycles. The van der Waals surface area contributed by atoms with Gasteiger partial charge in [0.15, 0.2) is 10.3 Å². The highest BCUT2D eigenvalue weighted by Gasteiger charge is 2.20. The van der Waals surface area contributed by atoms with Crippen LogP contribution in [-0.2, 0) is 4.79 Å². The van der Waals surface area contributed by atoms with Gasteiger partial charge in [0.25, 0.3) is 0 Å². The molecule has 0 saturated heterocycles. The summed E-state index contributed by atoms with van der Waals surface area (Å²) in [6, 6.07) is 15.6. The van der Waals surface area contributed by atoms with Crippen LogP contribution in [0.15, 0.2) is 65.4 Å². The van der Waals surface area contributed by atoms with Gasteiger partial charge in [-0.1, -0.05) is 59.8 Å². The van der Waals surface area contributed by atoms with Gasteiger partial charge in [-0.15, -0.1) is 21.5 Å². The SMILES string of the molecule is Cc1ccc(-n2cnnc2SC(C)C(=O)Nc2nc(-c3ccccc3)cs2)cc1Cl. The predicted octanol–water partition coefficient (Wildman–Crippen LogP) is 5.47. The summed E-state index contributed by atoms with van der Waals surface area (Å²) in [5, 5.41) is 14.4. The van der Waals surface area contributed by atoms with Crippen molar-refractivity contribution in [1.82, 2.24) is 19.7 Å². The van der Waals surface area contributed by atoms with Crippen LogP contribution in [0.5, 0.6) is 0 Å². The number of carbonyl (C=O) groups excluding carboxylic acids is 1. The summed E-state index contributed by atoms with van der Waals surface area (Å²) in [6.07, 6.45) is 1.61. The predicted molar refractivity (Wildman–Crippen MR) is 123 cm³/mol. The van der Waals surface area contributed by atoms with Crippen LogP contribution >= 0.6 is 34.7 Å². The summed E-state index contributed by atoms with van der Waals surface area (Å²) in [7, 11) is 0. The Morgan fingerprint density at radius 3 is 2.80 bits per heavy atom. The van der Waals surface area contributed by atoms with E-state index < -0.39 is 5.25 Å². The van der Waals surface area contributed by atoms with Gasteiger partial charge in [-0.25, -0.2) is 4.98 Å². The Hall–Kier alpha value is -2.68. The topological polar surface area (TPSA) is 72.7 Å². The fourth-order valence-corrected chi connectivity index (χ4v) is 4.44. The minimum Gasteiger partial charge on any atom is -0.301 e. The summed E-state index contributed by atoms with van der Waals surface area (Å²) in [5.74, 6) is -0.148. The lowest BCUT2D eigenvalue weighted by molar-refractivity contribution is -0.115. The number of rotatable bonds is 6. The first kappa shape index (κ1) is 20.6. The molecule has 2 heterocycles. The number of halogens is 1. The molecule has 2 aromatic heterocycles. The van der Waals surface area contributed by atoms with E-state index in [1.165, 1.54) is 23.1 Å². The third kappa shape index (κ3) is 4.56. The van der Waals surface area contributed by atoms with E-state index in [1.807, 2.05) is 72.3 Å². The molecule has 0 radical (unpaired) electrons. The number of nitrogens with zero attached hydrogens (tertiary/aromatic N) is 4. The number of aromatic nitrogens is 4. The molecule has 0 bridgehead atoms. The lowest BCUT2D eigenvalue weighted by Crippen LogP contribution is -2.22. The zero-order valence-electron chi connectivity index (χ0n) is 16.2. The number of nitrogens with one attached hydrogen (secondary N) is 1. The highest BCUT2D eigenvalue weighted by Crippen LogP contribution is 2.28. The number of aryl methyl sites for hydroxylation is 1. The van der Waals surface area contributed by atoms with E-state index in [9.17, 15) is 4.79 Å². The van der Waals surface area contributed by atoms with Gasteiger partial charge >= 0.3 is 0 Å². The average Bonchev–Trinajstić information content (AvgIpc) is 3.40. The molecule has 9 heteroatoms. The second-order valence-corrected chi connectivity index (χ2v) is 9.14. The van der Waals surface area contributed by atoms with E-state index in [1.54, 1.807) is 6.33 Å². The summed E-state index contributed by atoms with van der Waals surface area (Å²) >= 11 is 8.97. The molecule has 1 amide bonds. The normalized spacial score (nSPS) is 12.0. The van der Waals surface area contributed by atoms with Crippen LogP contribution in [0, 0.1) is 6.92 Å². The second-order valence-electron chi connectivity index (χ2n) is 6.57. The van der Waals surface area contributed by atoms with E-state index in [0.29, 0.717) is 15.3 Å². The molecule has 6 nitrogen and oxygen atoms in total. The van der Waals surface area contributed by atoms with Crippen LogP contribution in [-0.4, -0.2) is 30.9 Å². The number of carbonyl (C=O) groups is 1. The largest absolute Gasteiger partial charge is 0.301 e. The fraction of sp³-hybridized carbons (Fsp3) is 0.143. The van der Waals surface area contributed by atoms with Gasteiger partial charge in [0, 0.05) is 16.0 Å². The maximum atomic E-state index is 12.7. The van der Waals surface area contributed by atoms with Gasteiger partial charge in [0.2, 0.25) is 5.91 Å². The van der Waals surface area contributed by atoms with Crippen molar-refractivity contribution in [2.75, 3.05) is 5.32 Å². The Morgan fingerprint density at radius 2 is 2.03 bits per heavy atom. The third-order valence-electron chi connectivity index (χ3n) is 4.41. The molecule has 1 N–H and O–H groups in total. The number of amides is 1. The van der Waals surface area contributed by atoms with Crippen LogP contribution in [0.25, 0.3) is 16.9 Å². The smallest absolute Gasteiger partial charge is 0.239 e. The molecule has 0 aliphatic rings. The molecule has 1 atom stereocenters. The first-order chi connectivity index (χ1) is 14.5. The molecule has 1 unspecified atom stereocenters. The lowest BCUT2D eigenvalue weighted by Gasteiger charge is -2.12. The van der Waals surface area contributed by atoms with Crippen molar-refractivity contribution < 1.29 is 4.79 Å². The Labute approximate surface area is 187 Å². The molecule has 0 fully saturated rings. The highest BCUT2D eigenvalue weighted by atomic mass is 35.5. The van der Waals surface area contributed by atoms with Gasteiger partial charge < -0.3 is 5.32 Å². The standard InChI is InChI=1S/C21H18ClN5OS2/c1-13-8-9-16(10-17(13)22)27-12-23-26-21(27)30-14(2)19(28)25-20-24-18(11-29-20)15-6-4-3-5-7-15/h3-12,14H,1-2H3,(H,24,25,28). The van der Waals surface area contributed by atoms with E-state index >= 15 is 0 Å². The minimum atomic E-state index is -0.391. The maximum Gasteiger partial charge on any atom is 0.239 e. The van der Waals surface area contributed by atoms with E-state index in [4.69, 9.17) is 11.6 Å². The molecular weight excluding hydrogens is 438 g/mol. The Bertz CT molecular complexity index is 1180. The maximum absolute atomic E-state index is 12.7. The van der Waals surface area contributed by atoms with Crippen molar-refractivity contribution in [3.63, 3.8) is 0 Å². The number of benzene rings is 2. The van der Waals surface area contributed by atoms with E-state index in [0.717, 1.165) is 22.5 Å². The van der Waals surface area contributed by atoms with Gasteiger partial charge in [-0.05, 0) is 31.5 Å². The van der Waals surface area contributed by atoms with Crippen LogP contribution in [0.2, 0.25) is 5.02 Å². The van der Waals surface area contributed by atoms with Crippen LogP contribution in [0.3, 0.4) is 0 Å². The molecule has 2 aromatic carbocycles. The van der Waals surface area contributed by atoms with Crippen molar-refractivity contribution in [1.29, 1.82) is 0 Å². The molecule has 0 spiro atoms. The van der Waals surface area contributed by atoms with Crippen LogP contribution in [0.1, 0.15) is 12.5 Å². The third-order valence-corrected chi connectivity index (χ3v) is 6.63. The molecule has 0 aliphatic carbocycles. The second kappa shape index (κ2) is 8.99. The molecule has 4 aromatic rings. The lowest BCUT2D eigenvalue weighted by atomic mass is 10.2. The summed E-state index contributed by atoms with van der Waals surface area (Å²) < 4.78 is 1.82. The molecule has 30 heavy (non-hydrogen) atoms. The molecular formula is C21H18ClN5OS2. The quantitative estimate of drug-likeness (QED) is 0.390. The Kier molecular flexibility index (Phi) is 6.17. The van der Waals surface area contributed by atoms with Crippen LogP contribution < -0.4 is 5.32 Å². The van der Waals surface area contributed by atoms with Crippen molar-refractivity contribution in [3.05, 3.63) is 70.8 Å². The highest BCUT2D eigenvalue weighted by molar-refractivity contribution is 8.00. The summed E-state index contributed by atoms with van der Waals surface area (Å²) in [5.41, 5.74) is 3.70. The number of thioether (sulfide) groups is 1. The van der Waals surface area contributed by atoms with E-state index in [2.05, 4.69) is 20.5 Å². The Morgan fingerprint density at radius 1 is 1.23 bits per heavy atom. The van der Waals surface area contributed by atoms with Crippen LogP contribution in [0.4, 0.5) is 5.13 Å². The van der Waals surface area contributed by atoms with Gasteiger partial charge in [0.05, 0.1) is 16.6 Å². The van der Waals surface area contributed by atoms with Crippen molar-refractivity contribution >= 4 is 45.7 Å². The molecule has 152 valence electrons. The van der Waals surface area contributed by atoms with Crippen molar-refractivity contribution in [3.8, 4) is 16.9 Å². The number of thiazole rings is 1. The minimum absolute atomic E-state index is 0.148.